The van der Waals surface area contributed by atoms with E-state index in [9.17, 15) is 14.7 Å². The van der Waals surface area contributed by atoms with Crippen molar-refractivity contribution in [3.8, 4) is 5.75 Å². The molecule has 4 heteroatoms. The maximum atomic E-state index is 13.1. The Hall–Kier alpha value is -2.62. The number of benzene rings is 2. The number of rotatable bonds is 6. The number of carbonyl (C=O) groups is 2. The lowest BCUT2D eigenvalue weighted by Crippen LogP contribution is -2.36. The quantitative estimate of drug-likeness (QED) is 0.816. The van der Waals surface area contributed by atoms with E-state index in [1.54, 1.807) is 18.2 Å². The highest BCUT2D eigenvalue weighted by atomic mass is 16.5. The number of ketones is 1. The van der Waals surface area contributed by atoms with Crippen LogP contribution in [0.25, 0.3) is 0 Å². The van der Waals surface area contributed by atoms with Crippen molar-refractivity contribution in [1.29, 1.82) is 0 Å². The first-order chi connectivity index (χ1) is 12.5. The fourth-order valence-corrected chi connectivity index (χ4v) is 3.90. The summed E-state index contributed by atoms with van der Waals surface area (Å²) in [5, 5.41) is 10.0. The van der Waals surface area contributed by atoms with E-state index in [1.807, 2.05) is 38.1 Å². The molecule has 136 valence electrons. The van der Waals surface area contributed by atoms with Crippen LogP contribution in [0.2, 0.25) is 0 Å². The average molecular weight is 352 g/mol. The van der Waals surface area contributed by atoms with Gasteiger partial charge in [0.1, 0.15) is 12.4 Å². The van der Waals surface area contributed by atoms with E-state index in [0.29, 0.717) is 41.9 Å². The summed E-state index contributed by atoms with van der Waals surface area (Å²) in [5.41, 5.74) is 1.64. The summed E-state index contributed by atoms with van der Waals surface area (Å²) in [6.07, 6.45) is 2.61. The predicted molar refractivity (Wildman–Crippen MR) is 99.8 cm³/mol. The highest BCUT2D eigenvalue weighted by molar-refractivity contribution is 6.12. The highest BCUT2D eigenvalue weighted by Gasteiger charge is 2.39. The molecule has 0 saturated heterocycles. The SMILES string of the molecule is CCCC(CCC)(C(=O)O)c1ccc2c(c1)C(=O)c1ccccc1CO2. The van der Waals surface area contributed by atoms with Crippen molar-refractivity contribution in [2.24, 2.45) is 0 Å². The molecule has 0 unspecified atom stereocenters. The standard InChI is InChI=1S/C22H24O4/c1-3-11-22(12-4-2,21(24)25)16-9-10-19-18(13-16)20(23)17-8-6-5-7-15(17)14-26-19/h5-10,13H,3-4,11-12,14H2,1-2H3,(H,24,25). The van der Waals surface area contributed by atoms with Gasteiger partial charge in [0.25, 0.3) is 0 Å². The fraction of sp³-hybridized carbons (Fsp3) is 0.364. The lowest BCUT2D eigenvalue weighted by atomic mass is 9.73. The Kier molecular flexibility index (Phi) is 5.12. The molecule has 1 N–H and O–H groups in total. The Bertz CT molecular complexity index is 832. The summed E-state index contributed by atoms with van der Waals surface area (Å²) in [6, 6.07) is 12.7. The molecule has 0 aliphatic carbocycles. The number of hydrogen-bond donors (Lipinski definition) is 1. The molecule has 0 spiro atoms. The maximum Gasteiger partial charge on any atom is 0.314 e. The first-order valence-electron chi connectivity index (χ1n) is 9.16. The zero-order chi connectivity index (χ0) is 18.7. The number of fused-ring (bicyclic) bond motifs is 2. The predicted octanol–water partition coefficient (Wildman–Crippen LogP) is 4.73. The smallest absolute Gasteiger partial charge is 0.314 e. The minimum absolute atomic E-state index is 0.109. The number of hydrogen-bond acceptors (Lipinski definition) is 3. The summed E-state index contributed by atoms with van der Waals surface area (Å²) in [4.78, 5) is 25.3. The van der Waals surface area contributed by atoms with Crippen molar-refractivity contribution in [3.05, 3.63) is 64.7 Å². The number of carbonyl (C=O) groups excluding carboxylic acids is 1. The van der Waals surface area contributed by atoms with Crippen LogP contribution in [0.3, 0.4) is 0 Å². The minimum atomic E-state index is -0.968. The normalized spacial score (nSPS) is 13.4. The third-order valence-electron chi connectivity index (χ3n) is 5.18. The topological polar surface area (TPSA) is 63.6 Å². The lowest BCUT2D eigenvalue weighted by molar-refractivity contribution is -0.144. The monoisotopic (exact) mass is 352 g/mol. The summed E-state index contributed by atoms with van der Waals surface area (Å²) >= 11 is 0. The van der Waals surface area contributed by atoms with E-state index in [4.69, 9.17) is 4.74 Å². The Morgan fingerprint density at radius 3 is 2.42 bits per heavy atom. The Labute approximate surface area is 153 Å². The van der Waals surface area contributed by atoms with Crippen LogP contribution in [0.4, 0.5) is 0 Å². The Morgan fingerprint density at radius 2 is 1.77 bits per heavy atom. The Balaban J connectivity index is 2.14. The van der Waals surface area contributed by atoms with Crippen molar-refractivity contribution in [2.75, 3.05) is 0 Å². The number of carboxylic acids is 1. The first-order valence-corrected chi connectivity index (χ1v) is 9.16. The molecule has 3 rings (SSSR count). The molecule has 0 fully saturated rings. The Morgan fingerprint density at radius 1 is 1.08 bits per heavy atom. The van der Waals surface area contributed by atoms with Gasteiger partial charge in [-0.25, -0.2) is 0 Å². The van der Waals surface area contributed by atoms with Crippen molar-refractivity contribution in [1.82, 2.24) is 0 Å². The maximum absolute atomic E-state index is 13.1. The van der Waals surface area contributed by atoms with Crippen LogP contribution in [0.5, 0.6) is 5.75 Å². The number of aliphatic carboxylic acids is 1. The second-order valence-corrected chi connectivity index (χ2v) is 6.87. The molecular weight excluding hydrogens is 328 g/mol. The number of ether oxygens (including phenoxy) is 1. The van der Waals surface area contributed by atoms with Crippen LogP contribution in [-0.2, 0) is 16.8 Å². The van der Waals surface area contributed by atoms with Crippen molar-refractivity contribution in [3.63, 3.8) is 0 Å². The largest absolute Gasteiger partial charge is 0.488 e. The first kappa shape index (κ1) is 18.2. The molecule has 0 atom stereocenters. The van der Waals surface area contributed by atoms with Crippen LogP contribution in [0.15, 0.2) is 42.5 Å². The molecule has 26 heavy (non-hydrogen) atoms. The highest BCUT2D eigenvalue weighted by Crippen LogP contribution is 2.38. The second kappa shape index (κ2) is 7.32. The van der Waals surface area contributed by atoms with Gasteiger partial charge in [0.05, 0.1) is 11.0 Å². The van der Waals surface area contributed by atoms with Gasteiger partial charge in [0.15, 0.2) is 5.78 Å². The van der Waals surface area contributed by atoms with Crippen molar-refractivity contribution in [2.45, 2.75) is 51.6 Å². The molecule has 0 radical (unpaired) electrons. The zero-order valence-corrected chi connectivity index (χ0v) is 15.2. The van der Waals surface area contributed by atoms with E-state index in [1.165, 1.54) is 0 Å². The lowest BCUT2D eigenvalue weighted by Gasteiger charge is -2.30. The van der Waals surface area contributed by atoms with E-state index >= 15 is 0 Å². The van der Waals surface area contributed by atoms with Gasteiger partial charge in [-0.05, 0) is 30.5 Å². The van der Waals surface area contributed by atoms with Gasteiger partial charge in [-0.15, -0.1) is 0 Å². The average Bonchev–Trinajstić information content (AvgIpc) is 2.78. The summed E-state index contributed by atoms with van der Waals surface area (Å²) in [6.45, 7) is 4.31. The molecule has 0 bridgehead atoms. The molecule has 0 amide bonds. The van der Waals surface area contributed by atoms with Gasteiger partial charge in [0.2, 0.25) is 0 Å². The van der Waals surface area contributed by atoms with Gasteiger partial charge in [-0.2, -0.15) is 0 Å². The van der Waals surface area contributed by atoms with E-state index < -0.39 is 11.4 Å². The molecule has 0 saturated carbocycles. The van der Waals surface area contributed by atoms with E-state index in [2.05, 4.69) is 0 Å². The molecule has 4 nitrogen and oxygen atoms in total. The second-order valence-electron chi connectivity index (χ2n) is 6.87. The van der Waals surface area contributed by atoms with Crippen LogP contribution in [-0.4, -0.2) is 16.9 Å². The van der Waals surface area contributed by atoms with Gasteiger partial charge in [-0.3, -0.25) is 9.59 Å². The molecule has 1 aliphatic rings. The van der Waals surface area contributed by atoms with E-state index in [-0.39, 0.29) is 5.78 Å². The molecular formula is C22H24O4. The molecule has 2 aromatic carbocycles. The third kappa shape index (κ3) is 3.00. The fourth-order valence-electron chi connectivity index (χ4n) is 3.90. The van der Waals surface area contributed by atoms with Crippen LogP contribution in [0, 0.1) is 0 Å². The van der Waals surface area contributed by atoms with Crippen LogP contribution in [0.1, 0.15) is 66.6 Å². The summed E-state index contributed by atoms with van der Waals surface area (Å²) < 4.78 is 5.83. The summed E-state index contributed by atoms with van der Waals surface area (Å²) in [7, 11) is 0. The van der Waals surface area contributed by atoms with Gasteiger partial charge < -0.3 is 9.84 Å². The molecule has 1 heterocycles. The van der Waals surface area contributed by atoms with Crippen LogP contribution < -0.4 is 4.74 Å². The van der Waals surface area contributed by atoms with Crippen molar-refractivity contribution >= 4 is 11.8 Å². The third-order valence-corrected chi connectivity index (χ3v) is 5.18. The zero-order valence-electron chi connectivity index (χ0n) is 15.2. The van der Waals surface area contributed by atoms with Gasteiger partial charge in [-0.1, -0.05) is 57.0 Å². The summed E-state index contributed by atoms with van der Waals surface area (Å²) in [5.74, 6) is -0.423. The molecule has 0 aromatic heterocycles. The van der Waals surface area contributed by atoms with E-state index in [0.717, 1.165) is 18.4 Å². The molecule has 2 aromatic rings. The van der Waals surface area contributed by atoms with Crippen LogP contribution >= 0.6 is 0 Å². The molecule has 1 aliphatic heterocycles. The van der Waals surface area contributed by atoms with Crippen molar-refractivity contribution < 1.29 is 19.4 Å². The number of carboxylic acid groups (broad SMARTS) is 1. The van der Waals surface area contributed by atoms with Gasteiger partial charge >= 0.3 is 5.97 Å². The minimum Gasteiger partial charge on any atom is -0.488 e. The van der Waals surface area contributed by atoms with Gasteiger partial charge in [0, 0.05) is 11.1 Å².